The van der Waals surface area contributed by atoms with Gasteiger partial charge in [0, 0.05) is 4.47 Å². The van der Waals surface area contributed by atoms with Gasteiger partial charge in [-0.05, 0) is 58.8 Å². The zero-order chi connectivity index (χ0) is 14.8. The molecule has 1 fully saturated rings. The highest BCUT2D eigenvalue weighted by Crippen LogP contribution is 2.41. The average Bonchev–Trinajstić information content (AvgIpc) is 3.33. The molecule has 0 bridgehead atoms. The molecule has 1 N–H and O–H groups in total. The lowest BCUT2D eigenvalue weighted by atomic mass is 10.0. The molecular weight excluding hydrogens is 326 g/mol. The first-order chi connectivity index (χ1) is 10.2. The molecule has 0 spiro atoms. The summed E-state index contributed by atoms with van der Waals surface area (Å²) in [4.78, 5) is 12.6. The summed E-state index contributed by atoms with van der Waals surface area (Å²) in [6.07, 6.45) is 2.38. The molecule has 2 nitrogen and oxygen atoms in total. The fourth-order valence-corrected chi connectivity index (χ4v) is 3.05. The maximum absolute atomic E-state index is 12.6. The van der Waals surface area contributed by atoms with Crippen LogP contribution in [0.25, 0.3) is 0 Å². The quantitative estimate of drug-likeness (QED) is 0.860. The van der Waals surface area contributed by atoms with Crippen molar-refractivity contribution in [2.75, 3.05) is 0 Å². The highest BCUT2D eigenvalue weighted by molar-refractivity contribution is 9.10. The third-order valence-electron chi connectivity index (χ3n) is 3.98. The summed E-state index contributed by atoms with van der Waals surface area (Å²) in [5.41, 5.74) is 2.97. The predicted molar refractivity (Wildman–Crippen MR) is 88.3 cm³/mol. The van der Waals surface area contributed by atoms with E-state index >= 15 is 0 Å². The Balaban J connectivity index is 1.83. The van der Waals surface area contributed by atoms with Gasteiger partial charge in [-0.15, -0.1) is 0 Å². The number of amides is 1. The molecule has 2 aromatic carbocycles. The van der Waals surface area contributed by atoms with Gasteiger partial charge in [0.25, 0.3) is 5.91 Å². The molecule has 1 unspecified atom stereocenters. The van der Waals surface area contributed by atoms with E-state index in [0.717, 1.165) is 10.0 Å². The van der Waals surface area contributed by atoms with E-state index in [0.29, 0.717) is 11.5 Å². The first-order valence-electron chi connectivity index (χ1n) is 7.27. The van der Waals surface area contributed by atoms with Crippen molar-refractivity contribution in [2.24, 2.45) is 5.92 Å². The SMILES string of the molecule is Cc1cccc(C(=O)NC(c2ccccc2)C2CC2)c1Br. The highest BCUT2D eigenvalue weighted by atomic mass is 79.9. The molecule has 21 heavy (non-hydrogen) atoms. The maximum Gasteiger partial charge on any atom is 0.252 e. The Morgan fingerprint density at radius 1 is 1.14 bits per heavy atom. The minimum Gasteiger partial charge on any atom is -0.345 e. The number of hydrogen-bond donors (Lipinski definition) is 1. The van der Waals surface area contributed by atoms with Crippen molar-refractivity contribution in [1.82, 2.24) is 5.32 Å². The summed E-state index contributed by atoms with van der Waals surface area (Å²) in [6.45, 7) is 2.00. The van der Waals surface area contributed by atoms with Gasteiger partial charge in [0.1, 0.15) is 0 Å². The largest absolute Gasteiger partial charge is 0.345 e. The molecule has 1 saturated carbocycles. The number of rotatable bonds is 4. The molecule has 3 rings (SSSR count). The van der Waals surface area contributed by atoms with Gasteiger partial charge in [-0.2, -0.15) is 0 Å². The van der Waals surface area contributed by atoms with Crippen molar-refractivity contribution in [3.63, 3.8) is 0 Å². The van der Waals surface area contributed by atoms with Crippen LogP contribution >= 0.6 is 15.9 Å². The van der Waals surface area contributed by atoms with E-state index in [1.165, 1.54) is 18.4 Å². The Bertz CT molecular complexity index is 650. The van der Waals surface area contributed by atoms with Crippen molar-refractivity contribution in [1.29, 1.82) is 0 Å². The third kappa shape index (κ3) is 3.18. The topological polar surface area (TPSA) is 29.1 Å². The van der Waals surface area contributed by atoms with Crippen LogP contribution in [-0.4, -0.2) is 5.91 Å². The highest BCUT2D eigenvalue weighted by Gasteiger charge is 2.33. The summed E-state index contributed by atoms with van der Waals surface area (Å²) >= 11 is 3.52. The van der Waals surface area contributed by atoms with Crippen LogP contribution < -0.4 is 5.32 Å². The van der Waals surface area contributed by atoms with Gasteiger partial charge in [0.05, 0.1) is 11.6 Å². The molecule has 3 heteroatoms. The van der Waals surface area contributed by atoms with Crippen molar-refractivity contribution in [2.45, 2.75) is 25.8 Å². The molecule has 1 aliphatic rings. The van der Waals surface area contributed by atoms with E-state index in [9.17, 15) is 4.79 Å². The van der Waals surface area contributed by atoms with Crippen LogP contribution in [0.2, 0.25) is 0 Å². The molecule has 1 atom stereocenters. The molecule has 0 aliphatic heterocycles. The van der Waals surface area contributed by atoms with Gasteiger partial charge < -0.3 is 5.32 Å². The van der Waals surface area contributed by atoms with Crippen LogP contribution in [0.3, 0.4) is 0 Å². The fraction of sp³-hybridized carbons (Fsp3) is 0.278. The minimum atomic E-state index is -0.00803. The molecule has 0 radical (unpaired) electrons. The minimum absolute atomic E-state index is 0.00803. The summed E-state index contributed by atoms with van der Waals surface area (Å²) in [6, 6.07) is 16.1. The molecule has 0 saturated heterocycles. The second-order valence-electron chi connectivity index (χ2n) is 5.64. The zero-order valence-corrected chi connectivity index (χ0v) is 13.6. The lowest BCUT2D eigenvalue weighted by molar-refractivity contribution is 0.0931. The van der Waals surface area contributed by atoms with Crippen molar-refractivity contribution in [3.8, 4) is 0 Å². The van der Waals surface area contributed by atoms with Gasteiger partial charge in [-0.3, -0.25) is 4.79 Å². The van der Waals surface area contributed by atoms with E-state index in [2.05, 4.69) is 33.4 Å². The summed E-state index contributed by atoms with van der Waals surface area (Å²) in [5.74, 6) is 0.561. The van der Waals surface area contributed by atoms with Crippen LogP contribution in [0, 0.1) is 12.8 Å². The first-order valence-corrected chi connectivity index (χ1v) is 8.07. The molecular formula is C18H18BrNO. The van der Waals surface area contributed by atoms with Crippen LogP contribution in [0.4, 0.5) is 0 Å². The Morgan fingerprint density at radius 3 is 2.52 bits per heavy atom. The molecule has 108 valence electrons. The van der Waals surface area contributed by atoms with E-state index < -0.39 is 0 Å². The van der Waals surface area contributed by atoms with Gasteiger partial charge in [0.2, 0.25) is 0 Å². The lowest BCUT2D eigenvalue weighted by Gasteiger charge is -2.19. The number of halogens is 1. The summed E-state index contributed by atoms with van der Waals surface area (Å²) in [5, 5.41) is 3.21. The van der Waals surface area contributed by atoms with Crippen molar-refractivity contribution >= 4 is 21.8 Å². The second kappa shape index (κ2) is 6.02. The first kappa shape index (κ1) is 14.3. The molecule has 1 aliphatic carbocycles. The fourth-order valence-electron chi connectivity index (χ4n) is 2.61. The monoisotopic (exact) mass is 343 g/mol. The Kier molecular flexibility index (Phi) is 4.11. The van der Waals surface area contributed by atoms with E-state index in [4.69, 9.17) is 0 Å². The van der Waals surface area contributed by atoms with Crippen molar-refractivity contribution in [3.05, 3.63) is 69.7 Å². The zero-order valence-electron chi connectivity index (χ0n) is 12.0. The summed E-state index contributed by atoms with van der Waals surface area (Å²) < 4.78 is 0.880. The van der Waals surface area contributed by atoms with Crippen LogP contribution in [0.1, 0.15) is 40.4 Å². The van der Waals surface area contributed by atoms with Gasteiger partial charge in [-0.25, -0.2) is 0 Å². The molecule has 0 heterocycles. The number of carbonyl (C=O) groups excluding carboxylic acids is 1. The Morgan fingerprint density at radius 2 is 1.86 bits per heavy atom. The number of aryl methyl sites for hydroxylation is 1. The molecule has 0 aromatic heterocycles. The Hall–Kier alpha value is -1.61. The second-order valence-corrected chi connectivity index (χ2v) is 6.43. The summed E-state index contributed by atoms with van der Waals surface area (Å²) in [7, 11) is 0. The molecule has 2 aromatic rings. The number of hydrogen-bond acceptors (Lipinski definition) is 1. The normalized spacial score (nSPS) is 15.5. The smallest absolute Gasteiger partial charge is 0.252 e. The van der Waals surface area contributed by atoms with Gasteiger partial charge in [0.15, 0.2) is 0 Å². The molecule has 1 amide bonds. The van der Waals surface area contributed by atoms with Gasteiger partial charge in [-0.1, -0.05) is 42.5 Å². The Labute approximate surface area is 133 Å². The van der Waals surface area contributed by atoms with E-state index in [-0.39, 0.29) is 11.9 Å². The van der Waals surface area contributed by atoms with E-state index in [1.807, 2.05) is 43.3 Å². The predicted octanol–water partition coefficient (Wildman–Crippen LogP) is 4.64. The average molecular weight is 344 g/mol. The van der Waals surface area contributed by atoms with Crippen LogP contribution in [-0.2, 0) is 0 Å². The van der Waals surface area contributed by atoms with Gasteiger partial charge >= 0.3 is 0 Å². The van der Waals surface area contributed by atoms with Crippen LogP contribution in [0.15, 0.2) is 53.0 Å². The number of nitrogens with one attached hydrogen (secondary N) is 1. The number of benzene rings is 2. The lowest BCUT2D eigenvalue weighted by Crippen LogP contribution is -2.30. The van der Waals surface area contributed by atoms with Crippen LogP contribution in [0.5, 0.6) is 0 Å². The standard InChI is InChI=1S/C18H18BrNO/c1-12-6-5-9-15(16(12)19)18(21)20-17(14-10-11-14)13-7-3-2-4-8-13/h2-9,14,17H,10-11H2,1H3,(H,20,21). The van der Waals surface area contributed by atoms with E-state index in [1.54, 1.807) is 0 Å². The third-order valence-corrected chi connectivity index (χ3v) is 5.03. The van der Waals surface area contributed by atoms with Crippen molar-refractivity contribution < 1.29 is 4.79 Å². The maximum atomic E-state index is 12.6. The number of carbonyl (C=O) groups is 1.